The molecule has 1 fully saturated rings. The van der Waals surface area contributed by atoms with Crippen molar-refractivity contribution in [3.63, 3.8) is 0 Å². The summed E-state index contributed by atoms with van der Waals surface area (Å²) in [6.45, 7) is 2.25. The summed E-state index contributed by atoms with van der Waals surface area (Å²) in [5.74, 6) is 0.883. The van der Waals surface area contributed by atoms with Gasteiger partial charge in [0.25, 0.3) is 5.91 Å². The molecule has 2 aliphatic rings. The van der Waals surface area contributed by atoms with Crippen molar-refractivity contribution < 1.29 is 23.5 Å². The van der Waals surface area contributed by atoms with Gasteiger partial charge in [-0.3, -0.25) is 14.4 Å². The van der Waals surface area contributed by atoms with Crippen LogP contribution in [0.1, 0.15) is 48.7 Å². The lowest BCUT2D eigenvalue weighted by Gasteiger charge is -2.38. The summed E-state index contributed by atoms with van der Waals surface area (Å²) in [4.78, 5) is 39.2. The van der Waals surface area contributed by atoms with Gasteiger partial charge in [-0.1, -0.05) is 12.1 Å². The first-order valence-corrected chi connectivity index (χ1v) is 10.6. The van der Waals surface area contributed by atoms with Crippen molar-refractivity contribution in [1.29, 1.82) is 0 Å². The molecule has 8 heteroatoms. The SMILES string of the molecule is CC(CCc1ccco1)NC(=O)CN1CCC2(CCC1=O)NC(=O)c1ccccc1O2. The minimum Gasteiger partial charge on any atom is -0.469 e. The summed E-state index contributed by atoms with van der Waals surface area (Å²) in [5.41, 5.74) is -0.439. The lowest BCUT2D eigenvalue weighted by atomic mass is 10.0. The molecule has 3 heterocycles. The molecule has 8 nitrogen and oxygen atoms in total. The molecular weight excluding hydrogens is 398 g/mol. The van der Waals surface area contributed by atoms with E-state index < -0.39 is 5.72 Å². The number of fused-ring (bicyclic) bond motifs is 1. The van der Waals surface area contributed by atoms with Crippen molar-refractivity contribution >= 4 is 17.7 Å². The lowest BCUT2D eigenvalue weighted by Crippen LogP contribution is -2.56. The van der Waals surface area contributed by atoms with Gasteiger partial charge in [-0.15, -0.1) is 0 Å². The van der Waals surface area contributed by atoms with E-state index in [1.165, 1.54) is 0 Å². The molecule has 3 amide bonds. The summed E-state index contributed by atoms with van der Waals surface area (Å²) in [5, 5.41) is 5.88. The second-order valence-electron chi connectivity index (χ2n) is 8.20. The molecule has 31 heavy (non-hydrogen) atoms. The average Bonchev–Trinajstić information content (AvgIpc) is 3.23. The first kappa shape index (κ1) is 21.0. The summed E-state index contributed by atoms with van der Waals surface area (Å²) in [7, 11) is 0. The van der Waals surface area contributed by atoms with Crippen LogP contribution >= 0.6 is 0 Å². The van der Waals surface area contributed by atoms with Crippen LogP contribution in [0.2, 0.25) is 0 Å². The fraction of sp³-hybridized carbons (Fsp3) is 0.435. The predicted molar refractivity (Wildman–Crippen MR) is 112 cm³/mol. The van der Waals surface area contributed by atoms with Gasteiger partial charge in [0, 0.05) is 38.3 Å². The van der Waals surface area contributed by atoms with Crippen LogP contribution in [-0.4, -0.2) is 47.5 Å². The van der Waals surface area contributed by atoms with Crippen LogP contribution in [0.15, 0.2) is 47.1 Å². The number of benzene rings is 1. The van der Waals surface area contributed by atoms with Gasteiger partial charge >= 0.3 is 0 Å². The molecule has 164 valence electrons. The summed E-state index contributed by atoms with van der Waals surface area (Å²) < 4.78 is 11.4. The maximum Gasteiger partial charge on any atom is 0.258 e. The molecule has 1 saturated heterocycles. The van der Waals surface area contributed by atoms with Crippen molar-refractivity contribution in [2.45, 2.75) is 50.8 Å². The molecule has 2 atom stereocenters. The Balaban J connectivity index is 1.32. The van der Waals surface area contributed by atoms with Crippen LogP contribution in [0, 0.1) is 0 Å². The number of ether oxygens (including phenoxy) is 1. The van der Waals surface area contributed by atoms with Gasteiger partial charge in [0.15, 0.2) is 5.72 Å². The standard InChI is InChI=1S/C23H27N3O5/c1-16(8-9-17-5-4-14-30-17)24-20(27)15-26-13-12-23(11-10-21(26)28)25-22(29)18-6-2-3-7-19(18)31-23/h2-7,14,16H,8-13,15H2,1H3,(H,24,27)(H,25,29). The number of nitrogens with zero attached hydrogens (tertiary/aromatic N) is 1. The third-order valence-corrected chi connectivity index (χ3v) is 5.81. The zero-order chi connectivity index (χ0) is 21.8. The van der Waals surface area contributed by atoms with Crippen molar-refractivity contribution in [2.75, 3.05) is 13.1 Å². The Morgan fingerprint density at radius 1 is 1.23 bits per heavy atom. The van der Waals surface area contributed by atoms with E-state index in [1.54, 1.807) is 29.4 Å². The highest BCUT2D eigenvalue weighted by molar-refractivity contribution is 5.98. The van der Waals surface area contributed by atoms with E-state index in [0.29, 0.717) is 30.7 Å². The largest absolute Gasteiger partial charge is 0.469 e. The first-order chi connectivity index (χ1) is 14.9. The lowest BCUT2D eigenvalue weighted by molar-refractivity contribution is -0.135. The monoisotopic (exact) mass is 425 g/mol. The van der Waals surface area contributed by atoms with Crippen LogP contribution in [-0.2, 0) is 16.0 Å². The van der Waals surface area contributed by atoms with E-state index in [1.807, 2.05) is 25.1 Å². The highest BCUT2D eigenvalue weighted by Crippen LogP contribution is 2.33. The van der Waals surface area contributed by atoms with Gasteiger partial charge in [-0.05, 0) is 37.6 Å². The van der Waals surface area contributed by atoms with E-state index in [9.17, 15) is 14.4 Å². The summed E-state index contributed by atoms with van der Waals surface area (Å²) in [6.07, 6.45) is 4.09. The van der Waals surface area contributed by atoms with Crippen molar-refractivity contribution in [1.82, 2.24) is 15.5 Å². The zero-order valence-electron chi connectivity index (χ0n) is 17.6. The number of para-hydroxylation sites is 1. The Morgan fingerprint density at radius 3 is 2.87 bits per heavy atom. The van der Waals surface area contributed by atoms with Crippen molar-refractivity contribution in [2.24, 2.45) is 0 Å². The zero-order valence-corrected chi connectivity index (χ0v) is 17.6. The number of nitrogens with one attached hydrogen (secondary N) is 2. The molecule has 0 saturated carbocycles. The van der Waals surface area contributed by atoms with Crippen LogP contribution in [0.5, 0.6) is 5.75 Å². The van der Waals surface area contributed by atoms with Crippen LogP contribution < -0.4 is 15.4 Å². The molecule has 1 aromatic carbocycles. The van der Waals surface area contributed by atoms with E-state index in [0.717, 1.165) is 18.6 Å². The van der Waals surface area contributed by atoms with Gasteiger partial charge in [-0.25, -0.2) is 0 Å². The number of amides is 3. The minimum atomic E-state index is -0.928. The Labute approximate surface area is 180 Å². The normalized spacial score (nSPS) is 21.6. The Morgan fingerprint density at radius 2 is 2.06 bits per heavy atom. The van der Waals surface area contributed by atoms with E-state index >= 15 is 0 Å². The van der Waals surface area contributed by atoms with Gasteiger partial charge in [0.05, 0.1) is 18.4 Å². The fourth-order valence-corrected chi connectivity index (χ4v) is 4.06. The summed E-state index contributed by atoms with van der Waals surface area (Å²) >= 11 is 0. The molecule has 0 aliphatic carbocycles. The third kappa shape index (κ3) is 4.90. The average molecular weight is 425 g/mol. The number of rotatable bonds is 6. The summed E-state index contributed by atoms with van der Waals surface area (Å²) in [6, 6.07) is 10.8. The highest BCUT2D eigenvalue weighted by Gasteiger charge is 2.42. The van der Waals surface area contributed by atoms with E-state index in [-0.39, 0.29) is 36.7 Å². The second kappa shape index (κ2) is 8.83. The van der Waals surface area contributed by atoms with Gasteiger partial charge < -0.3 is 24.7 Å². The van der Waals surface area contributed by atoms with Crippen LogP contribution in [0.3, 0.4) is 0 Å². The number of aryl methyl sites for hydroxylation is 1. The molecule has 2 unspecified atom stereocenters. The van der Waals surface area contributed by atoms with Crippen molar-refractivity contribution in [3.8, 4) is 5.75 Å². The quantitative estimate of drug-likeness (QED) is 0.739. The van der Waals surface area contributed by atoms with Gasteiger partial charge in [0.2, 0.25) is 11.8 Å². The molecule has 2 aromatic rings. The molecule has 1 aromatic heterocycles. The number of hydrogen-bond donors (Lipinski definition) is 2. The van der Waals surface area contributed by atoms with E-state index in [4.69, 9.17) is 9.15 Å². The molecule has 4 rings (SSSR count). The Bertz CT molecular complexity index is 958. The van der Waals surface area contributed by atoms with E-state index in [2.05, 4.69) is 10.6 Å². The Hall–Kier alpha value is -3.29. The second-order valence-corrected chi connectivity index (χ2v) is 8.20. The fourth-order valence-electron chi connectivity index (χ4n) is 4.06. The smallest absolute Gasteiger partial charge is 0.258 e. The highest BCUT2D eigenvalue weighted by atomic mass is 16.5. The number of furan rings is 1. The van der Waals surface area contributed by atoms with Crippen molar-refractivity contribution in [3.05, 3.63) is 54.0 Å². The van der Waals surface area contributed by atoms with Crippen LogP contribution in [0.4, 0.5) is 0 Å². The molecule has 0 bridgehead atoms. The Kier molecular flexibility index (Phi) is 5.97. The molecule has 0 radical (unpaired) electrons. The van der Waals surface area contributed by atoms with Gasteiger partial charge in [-0.2, -0.15) is 0 Å². The topological polar surface area (TPSA) is 101 Å². The molecule has 1 spiro atoms. The number of carbonyl (C=O) groups is 3. The third-order valence-electron chi connectivity index (χ3n) is 5.81. The minimum absolute atomic E-state index is 0.00939. The maximum atomic E-state index is 12.6. The number of carbonyl (C=O) groups excluding carboxylic acids is 3. The first-order valence-electron chi connectivity index (χ1n) is 10.6. The maximum absolute atomic E-state index is 12.6. The van der Waals surface area contributed by atoms with Crippen LogP contribution in [0.25, 0.3) is 0 Å². The van der Waals surface area contributed by atoms with Gasteiger partial charge in [0.1, 0.15) is 11.5 Å². The number of likely N-dealkylation sites (tertiary alicyclic amines) is 1. The molecular formula is C23H27N3O5. The number of hydrogen-bond acceptors (Lipinski definition) is 5. The molecule has 2 aliphatic heterocycles. The molecule has 2 N–H and O–H groups in total. The predicted octanol–water partition coefficient (Wildman–Crippen LogP) is 2.25.